The number of nitrogens with zero attached hydrogens (tertiary/aromatic N) is 3. The van der Waals surface area contributed by atoms with Gasteiger partial charge in [-0.1, -0.05) is 0 Å². The topological polar surface area (TPSA) is 197 Å². The number of fused-ring (bicyclic) bond motifs is 3. The number of hydrogen-bond donors (Lipinski definition) is 6. The highest BCUT2D eigenvalue weighted by molar-refractivity contribution is 6.25. The van der Waals surface area contributed by atoms with E-state index in [0.717, 1.165) is 0 Å². The van der Waals surface area contributed by atoms with Crippen molar-refractivity contribution in [1.29, 1.82) is 0 Å². The van der Waals surface area contributed by atoms with Gasteiger partial charge in [0, 0.05) is 31.3 Å². The van der Waals surface area contributed by atoms with Crippen LogP contribution in [0.4, 0.5) is 11.4 Å². The minimum absolute atomic E-state index is 0.0132. The molecule has 1 aromatic rings. The number of Topliss-reactive ketones (excluding diaryl/α,β-unsaturated/α-hetero) is 2. The number of nitrogens with one attached hydrogen (secondary N) is 1. The summed E-state index contributed by atoms with van der Waals surface area (Å²) in [6.07, 6.45) is 0.127. The van der Waals surface area contributed by atoms with E-state index < -0.39 is 69.7 Å². The highest BCUT2D eigenvalue weighted by atomic mass is 16.3. The number of aromatic hydroxyl groups is 1. The van der Waals surface area contributed by atoms with Crippen LogP contribution in [0.3, 0.4) is 0 Å². The van der Waals surface area contributed by atoms with Crippen LogP contribution in [-0.4, -0.2) is 114 Å². The standard InChI is InChI=1S/C27H35N5O8/c1-30(2)10-16(33)29-14-9-15(31(3)4)12-7-11-8-13-20(32(5)6)23(36)19(26(28)39)25(38)27(13,40)24(37)17(11)22(35)18(12)21(14)34/h9,11,13,20,34,36-37,40H,7-8,10H2,1-6H3,(H2,28,39)(H,29,33)/t11-,13-,20-,27-/m0/s1. The molecule has 40 heavy (non-hydrogen) atoms. The van der Waals surface area contributed by atoms with Gasteiger partial charge in [0.15, 0.2) is 17.1 Å². The Morgan fingerprint density at radius 1 is 1.10 bits per heavy atom. The summed E-state index contributed by atoms with van der Waals surface area (Å²) in [6.45, 7) is 0.0158. The summed E-state index contributed by atoms with van der Waals surface area (Å²) in [5, 5.41) is 47.8. The summed E-state index contributed by atoms with van der Waals surface area (Å²) >= 11 is 0. The molecular formula is C27H35N5O8. The van der Waals surface area contributed by atoms with Crippen LogP contribution in [0.25, 0.3) is 0 Å². The number of carbonyl (C=O) groups excluding carboxylic acids is 4. The maximum atomic E-state index is 14.0. The molecule has 4 atom stereocenters. The van der Waals surface area contributed by atoms with Crippen LogP contribution >= 0.6 is 0 Å². The average molecular weight is 558 g/mol. The van der Waals surface area contributed by atoms with Crippen LogP contribution in [0.1, 0.15) is 22.3 Å². The molecule has 2 amide bonds. The van der Waals surface area contributed by atoms with Gasteiger partial charge in [0.2, 0.25) is 11.7 Å². The number of carbonyl (C=O) groups is 4. The van der Waals surface area contributed by atoms with Crippen molar-refractivity contribution in [3.8, 4) is 5.75 Å². The lowest BCUT2D eigenvalue weighted by Crippen LogP contribution is -2.63. The van der Waals surface area contributed by atoms with Gasteiger partial charge in [0.25, 0.3) is 5.91 Å². The summed E-state index contributed by atoms with van der Waals surface area (Å²) in [5.41, 5.74) is 2.33. The Bertz CT molecular complexity index is 1400. The Morgan fingerprint density at radius 2 is 1.73 bits per heavy atom. The van der Waals surface area contributed by atoms with E-state index in [2.05, 4.69) is 5.32 Å². The van der Waals surface area contributed by atoms with Crippen LogP contribution in [0.2, 0.25) is 0 Å². The van der Waals surface area contributed by atoms with Crippen LogP contribution in [0, 0.1) is 11.8 Å². The van der Waals surface area contributed by atoms with Crippen molar-refractivity contribution < 1.29 is 39.6 Å². The molecule has 0 spiro atoms. The lowest BCUT2D eigenvalue weighted by Gasteiger charge is -2.50. The van der Waals surface area contributed by atoms with Gasteiger partial charge in [-0.05, 0) is 58.6 Å². The minimum atomic E-state index is -2.72. The number of aliphatic hydroxyl groups is 3. The number of hydrogen-bond acceptors (Lipinski definition) is 11. The second kappa shape index (κ2) is 9.91. The molecule has 13 nitrogen and oxygen atoms in total. The lowest BCUT2D eigenvalue weighted by atomic mass is 9.58. The molecule has 13 heteroatoms. The third-order valence-electron chi connectivity index (χ3n) is 7.91. The number of ketones is 2. The van der Waals surface area contributed by atoms with E-state index in [0.29, 0.717) is 11.3 Å². The molecule has 0 bridgehead atoms. The molecule has 7 N–H and O–H groups in total. The second-order valence-electron chi connectivity index (χ2n) is 11.3. The predicted octanol–water partition coefficient (Wildman–Crippen LogP) is -0.313. The number of anilines is 2. The number of nitrogens with two attached hydrogens (primary N) is 1. The molecule has 1 aromatic carbocycles. The van der Waals surface area contributed by atoms with Gasteiger partial charge in [-0.2, -0.15) is 0 Å². The van der Waals surface area contributed by atoms with E-state index >= 15 is 0 Å². The monoisotopic (exact) mass is 557 g/mol. The van der Waals surface area contributed by atoms with Crippen LogP contribution in [0.15, 0.2) is 28.7 Å². The Kier molecular flexibility index (Phi) is 7.20. The summed E-state index contributed by atoms with van der Waals surface area (Å²) < 4.78 is 0. The number of phenols is 1. The van der Waals surface area contributed by atoms with Gasteiger partial charge < -0.3 is 41.3 Å². The van der Waals surface area contributed by atoms with E-state index in [-0.39, 0.29) is 36.2 Å². The molecule has 3 aliphatic carbocycles. The van der Waals surface area contributed by atoms with Gasteiger partial charge in [-0.15, -0.1) is 0 Å². The molecule has 0 radical (unpaired) electrons. The molecule has 0 saturated heterocycles. The second-order valence-corrected chi connectivity index (χ2v) is 11.3. The van der Waals surface area contributed by atoms with Gasteiger partial charge in [0.1, 0.15) is 17.1 Å². The largest absolute Gasteiger partial charge is 0.510 e. The summed E-state index contributed by atoms with van der Waals surface area (Å²) in [7, 11) is 10.0. The van der Waals surface area contributed by atoms with E-state index in [1.807, 2.05) is 0 Å². The van der Waals surface area contributed by atoms with Crippen molar-refractivity contribution in [2.45, 2.75) is 24.5 Å². The first-order chi connectivity index (χ1) is 18.5. The zero-order valence-electron chi connectivity index (χ0n) is 23.3. The van der Waals surface area contributed by atoms with Crippen molar-refractivity contribution in [2.24, 2.45) is 17.6 Å². The molecule has 0 fully saturated rings. The fraction of sp³-hybridized carbons (Fsp3) is 0.481. The molecule has 0 aromatic heterocycles. The fourth-order valence-corrected chi connectivity index (χ4v) is 6.27. The van der Waals surface area contributed by atoms with Gasteiger partial charge in [-0.3, -0.25) is 24.1 Å². The highest BCUT2D eigenvalue weighted by Gasteiger charge is 2.63. The molecule has 0 aliphatic heterocycles. The Balaban J connectivity index is 1.93. The summed E-state index contributed by atoms with van der Waals surface area (Å²) in [5.74, 6) is -7.73. The first-order valence-corrected chi connectivity index (χ1v) is 12.7. The van der Waals surface area contributed by atoms with Gasteiger partial charge in [-0.25, -0.2) is 0 Å². The SMILES string of the molecule is CN(C)CC(=O)Nc1cc(N(C)C)c2c(c1O)C(=O)C1=C(O)[C@]3(O)C(=O)C(C(N)=O)=C(O)[C@@H](N(C)C)[C@@H]3C[C@@H]1C2. The number of amides is 2. The maximum absolute atomic E-state index is 14.0. The van der Waals surface area contributed by atoms with Crippen molar-refractivity contribution in [1.82, 2.24) is 9.80 Å². The van der Waals surface area contributed by atoms with E-state index in [1.54, 1.807) is 58.2 Å². The van der Waals surface area contributed by atoms with Crippen molar-refractivity contribution in [3.05, 3.63) is 39.9 Å². The molecule has 3 aliphatic rings. The number of aliphatic hydroxyl groups excluding tert-OH is 2. The number of primary amides is 1. The number of rotatable bonds is 6. The predicted molar refractivity (Wildman–Crippen MR) is 145 cm³/mol. The zero-order chi connectivity index (χ0) is 30.0. The number of allylic oxidation sites excluding steroid dienone is 1. The Morgan fingerprint density at radius 3 is 2.25 bits per heavy atom. The van der Waals surface area contributed by atoms with Crippen molar-refractivity contribution in [3.63, 3.8) is 0 Å². The van der Waals surface area contributed by atoms with Crippen LogP contribution < -0.4 is 16.0 Å². The van der Waals surface area contributed by atoms with Crippen molar-refractivity contribution in [2.75, 3.05) is 59.0 Å². The summed E-state index contributed by atoms with van der Waals surface area (Å²) in [6, 6.07) is 0.491. The quantitative estimate of drug-likeness (QED) is 0.198. The first-order valence-electron chi connectivity index (χ1n) is 12.7. The molecule has 216 valence electrons. The summed E-state index contributed by atoms with van der Waals surface area (Å²) in [4.78, 5) is 56.9. The molecule has 0 unspecified atom stereocenters. The van der Waals surface area contributed by atoms with Crippen LogP contribution in [0.5, 0.6) is 5.75 Å². The molecular weight excluding hydrogens is 522 g/mol. The van der Waals surface area contributed by atoms with Crippen LogP contribution in [-0.2, 0) is 20.8 Å². The zero-order valence-corrected chi connectivity index (χ0v) is 23.3. The minimum Gasteiger partial charge on any atom is -0.510 e. The smallest absolute Gasteiger partial charge is 0.255 e. The van der Waals surface area contributed by atoms with Gasteiger partial charge in [0.05, 0.1) is 23.8 Å². The third kappa shape index (κ3) is 4.21. The first kappa shape index (κ1) is 29.1. The average Bonchev–Trinajstić information content (AvgIpc) is 2.81. The van der Waals surface area contributed by atoms with E-state index in [4.69, 9.17) is 5.73 Å². The Hall–Kier alpha value is -3.94. The number of benzene rings is 1. The number of phenolic OH excluding ortho intramolecular Hbond substituents is 1. The van der Waals surface area contributed by atoms with E-state index in [1.165, 1.54) is 4.90 Å². The molecule has 4 rings (SSSR count). The van der Waals surface area contributed by atoms with Gasteiger partial charge >= 0.3 is 0 Å². The normalized spacial score (nSPS) is 26.1. The molecule has 0 heterocycles. The Labute approximate surface area is 231 Å². The lowest BCUT2D eigenvalue weighted by molar-refractivity contribution is -0.148. The number of likely N-dealkylation sites (N-methyl/N-ethyl adjacent to an activating group) is 2. The van der Waals surface area contributed by atoms with E-state index in [9.17, 15) is 39.6 Å². The highest BCUT2D eigenvalue weighted by Crippen LogP contribution is 2.53. The maximum Gasteiger partial charge on any atom is 0.255 e. The molecule has 0 saturated carbocycles. The van der Waals surface area contributed by atoms with Crippen molar-refractivity contribution >= 4 is 34.8 Å². The fourth-order valence-electron chi connectivity index (χ4n) is 6.27. The third-order valence-corrected chi connectivity index (χ3v) is 7.91.